The van der Waals surface area contributed by atoms with Crippen LogP contribution in [0.5, 0.6) is 0 Å². The molecule has 0 radical (unpaired) electrons. The van der Waals surface area contributed by atoms with E-state index in [2.05, 4.69) is 6.92 Å². The van der Waals surface area contributed by atoms with Gasteiger partial charge in [-0.05, 0) is 12.8 Å². The largest absolute Gasteiger partial charge is 0.480 e. The number of hydrogen-bond donors (Lipinski definition) is 1. The number of carboxylic acids is 1. The van der Waals surface area contributed by atoms with Gasteiger partial charge in [-0.15, -0.1) is 0 Å². The Morgan fingerprint density at radius 3 is 1.77 bits per heavy atom. The smallest absolute Gasteiger partial charge is 0.329 e. The summed E-state index contributed by atoms with van der Waals surface area (Å²) in [7, 11) is 0. The second kappa shape index (κ2) is 18.6. The highest BCUT2D eigenvalue weighted by Gasteiger charge is 2.16. The van der Waals surface area contributed by atoms with Gasteiger partial charge in [0.15, 0.2) is 0 Å². The number of carbonyl (C=O) groups excluding carboxylic acids is 1. The predicted octanol–water partition coefficient (Wildman–Crippen LogP) is 1.90. The molecule has 0 spiro atoms. The SMILES string of the molecule is CCCCC(CC)C(=O)OCCOCCOCCOCCOCC(=O)O. The fourth-order valence-electron chi connectivity index (χ4n) is 2.08. The minimum atomic E-state index is -0.996. The third-order valence-electron chi connectivity index (χ3n) is 3.55. The molecule has 0 heterocycles. The van der Waals surface area contributed by atoms with E-state index in [0.29, 0.717) is 39.6 Å². The van der Waals surface area contributed by atoms with Crippen molar-refractivity contribution in [3.05, 3.63) is 0 Å². The van der Waals surface area contributed by atoms with Crippen LogP contribution in [0.15, 0.2) is 0 Å². The van der Waals surface area contributed by atoms with Crippen LogP contribution < -0.4 is 0 Å². The maximum absolute atomic E-state index is 11.9. The summed E-state index contributed by atoms with van der Waals surface area (Å²) in [5.74, 6) is -1.14. The molecule has 0 bridgehead atoms. The Morgan fingerprint density at radius 2 is 1.31 bits per heavy atom. The highest BCUT2D eigenvalue weighted by Crippen LogP contribution is 2.14. The molecule has 26 heavy (non-hydrogen) atoms. The maximum Gasteiger partial charge on any atom is 0.329 e. The molecule has 8 nitrogen and oxygen atoms in total. The summed E-state index contributed by atoms with van der Waals surface area (Å²) in [6.07, 6.45) is 3.81. The summed E-state index contributed by atoms with van der Waals surface area (Å²) in [6.45, 7) is 6.67. The number of rotatable bonds is 19. The Bertz CT molecular complexity index is 348. The first-order valence-electron chi connectivity index (χ1n) is 9.31. The van der Waals surface area contributed by atoms with E-state index in [1.54, 1.807) is 0 Å². The lowest BCUT2D eigenvalue weighted by Crippen LogP contribution is -2.20. The first kappa shape index (κ1) is 24.8. The van der Waals surface area contributed by atoms with E-state index in [1.807, 2.05) is 6.92 Å². The lowest BCUT2D eigenvalue weighted by molar-refractivity contribution is -0.150. The molecule has 0 aliphatic rings. The summed E-state index contributed by atoms with van der Waals surface area (Å²) >= 11 is 0. The van der Waals surface area contributed by atoms with E-state index < -0.39 is 5.97 Å². The molecule has 0 aromatic carbocycles. The minimum absolute atomic E-state index is 0.00666. The molecule has 1 N–H and O–H groups in total. The average molecular weight is 378 g/mol. The zero-order valence-corrected chi connectivity index (χ0v) is 16.1. The molecule has 0 fully saturated rings. The van der Waals surface area contributed by atoms with Gasteiger partial charge in [-0.25, -0.2) is 4.79 Å². The van der Waals surface area contributed by atoms with Gasteiger partial charge in [0.05, 0.1) is 52.2 Å². The van der Waals surface area contributed by atoms with Crippen LogP contribution in [0.2, 0.25) is 0 Å². The molecule has 0 saturated carbocycles. The first-order chi connectivity index (χ1) is 12.6. The van der Waals surface area contributed by atoms with Crippen molar-refractivity contribution in [1.82, 2.24) is 0 Å². The van der Waals surface area contributed by atoms with Gasteiger partial charge in [0.25, 0.3) is 0 Å². The molecule has 154 valence electrons. The number of esters is 1. The third kappa shape index (κ3) is 16.3. The molecule has 8 heteroatoms. The van der Waals surface area contributed by atoms with Gasteiger partial charge < -0.3 is 28.8 Å². The summed E-state index contributed by atoms with van der Waals surface area (Å²) in [5.41, 5.74) is 0. The van der Waals surface area contributed by atoms with Crippen LogP contribution in [0.3, 0.4) is 0 Å². The van der Waals surface area contributed by atoms with Crippen LogP contribution >= 0.6 is 0 Å². The Hall–Kier alpha value is -1.22. The lowest BCUT2D eigenvalue weighted by Gasteiger charge is -2.13. The van der Waals surface area contributed by atoms with Gasteiger partial charge in [-0.1, -0.05) is 26.7 Å². The van der Waals surface area contributed by atoms with Crippen molar-refractivity contribution in [2.75, 3.05) is 59.5 Å². The maximum atomic E-state index is 11.9. The van der Waals surface area contributed by atoms with Crippen molar-refractivity contribution in [1.29, 1.82) is 0 Å². The van der Waals surface area contributed by atoms with Crippen molar-refractivity contribution in [3.8, 4) is 0 Å². The quantitative estimate of drug-likeness (QED) is 0.269. The molecule has 0 saturated heterocycles. The molecule has 0 aromatic heterocycles. The van der Waals surface area contributed by atoms with Crippen molar-refractivity contribution < 1.29 is 38.4 Å². The highest BCUT2D eigenvalue weighted by atomic mass is 16.6. The van der Waals surface area contributed by atoms with Crippen LogP contribution in [-0.4, -0.2) is 76.5 Å². The zero-order chi connectivity index (χ0) is 19.5. The van der Waals surface area contributed by atoms with Crippen molar-refractivity contribution in [2.45, 2.75) is 39.5 Å². The summed E-state index contributed by atoms with van der Waals surface area (Å²) in [6, 6.07) is 0. The predicted molar refractivity (Wildman–Crippen MR) is 95.2 cm³/mol. The molecule has 0 aromatic rings. The number of carbonyl (C=O) groups is 2. The van der Waals surface area contributed by atoms with Gasteiger partial charge in [0, 0.05) is 0 Å². The number of carboxylic acid groups (broad SMARTS) is 1. The highest BCUT2D eigenvalue weighted by molar-refractivity contribution is 5.72. The second-order valence-electron chi connectivity index (χ2n) is 5.70. The van der Waals surface area contributed by atoms with E-state index >= 15 is 0 Å². The summed E-state index contributed by atoms with van der Waals surface area (Å²) in [5, 5.41) is 8.36. The summed E-state index contributed by atoms with van der Waals surface area (Å²) in [4.78, 5) is 22.1. The van der Waals surface area contributed by atoms with E-state index in [-0.39, 0.29) is 31.7 Å². The molecule has 0 aliphatic carbocycles. The van der Waals surface area contributed by atoms with Gasteiger partial charge in [0.1, 0.15) is 13.2 Å². The van der Waals surface area contributed by atoms with E-state index in [0.717, 1.165) is 25.7 Å². The second-order valence-corrected chi connectivity index (χ2v) is 5.70. The molecular formula is C18H34O8. The number of hydrogen-bond acceptors (Lipinski definition) is 7. The summed E-state index contributed by atoms with van der Waals surface area (Å²) < 4.78 is 25.9. The van der Waals surface area contributed by atoms with Gasteiger partial charge in [0.2, 0.25) is 0 Å². The van der Waals surface area contributed by atoms with Crippen LogP contribution in [0.4, 0.5) is 0 Å². The normalized spacial score (nSPS) is 12.1. The lowest BCUT2D eigenvalue weighted by atomic mass is 10.00. The van der Waals surface area contributed by atoms with Crippen molar-refractivity contribution in [2.24, 2.45) is 5.92 Å². The molecule has 0 rings (SSSR count). The Morgan fingerprint density at radius 1 is 0.808 bits per heavy atom. The minimum Gasteiger partial charge on any atom is -0.480 e. The number of aliphatic carboxylic acids is 1. The zero-order valence-electron chi connectivity index (χ0n) is 16.1. The van der Waals surface area contributed by atoms with Crippen molar-refractivity contribution in [3.63, 3.8) is 0 Å². The molecule has 1 atom stereocenters. The monoisotopic (exact) mass is 378 g/mol. The van der Waals surface area contributed by atoms with E-state index in [4.69, 9.17) is 28.8 Å². The van der Waals surface area contributed by atoms with Gasteiger partial charge in [-0.3, -0.25) is 4.79 Å². The standard InChI is InChI=1S/C18H34O8/c1-3-5-6-16(4-2)18(21)26-14-13-24-10-9-22-7-8-23-11-12-25-15-17(19)20/h16H,3-15H2,1-2H3,(H,19,20). The Balaban J connectivity index is 3.30. The third-order valence-corrected chi connectivity index (χ3v) is 3.55. The fraction of sp³-hybridized carbons (Fsp3) is 0.889. The molecule has 0 aliphatic heterocycles. The van der Waals surface area contributed by atoms with E-state index in [1.165, 1.54) is 0 Å². The molecule has 0 amide bonds. The van der Waals surface area contributed by atoms with Gasteiger partial charge >= 0.3 is 11.9 Å². The fourth-order valence-corrected chi connectivity index (χ4v) is 2.08. The number of ether oxygens (including phenoxy) is 5. The Kier molecular flexibility index (Phi) is 17.7. The first-order valence-corrected chi connectivity index (χ1v) is 9.31. The topological polar surface area (TPSA) is 101 Å². The van der Waals surface area contributed by atoms with Crippen LogP contribution in [0.1, 0.15) is 39.5 Å². The van der Waals surface area contributed by atoms with Crippen LogP contribution in [-0.2, 0) is 33.3 Å². The Labute approximate surface area is 156 Å². The molecule has 1 unspecified atom stereocenters. The van der Waals surface area contributed by atoms with Crippen LogP contribution in [0.25, 0.3) is 0 Å². The average Bonchev–Trinajstić information content (AvgIpc) is 2.62. The van der Waals surface area contributed by atoms with E-state index in [9.17, 15) is 9.59 Å². The van der Waals surface area contributed by atoms with Crippen LogP contribution in [0, 0.1) is 5.92 Å². The van der Waals surface area contributed by atoms with Gasteiger partial charge in [-0.2, -0.15) is 0 Å². The van der Waals surface area contributed by atoms with Crippen molar-refractivity contribution >= 4 is 11.9 Å². The molecular weight excluding hydrogens is 344 g/mol. The number of unbranched alkanes of at least 4 members (excludes halogenated alkanes) is 1.